The van der Waals surface area contributed by atoms with Crippen LogP contribution in [-0.4, -0.2) is 36.9 Å². The van der Waals surface area contributed by atoms with Gasteiger partial charge in [-0.3, -0.25) is 4.79 Å². The summed E-state index contributed by atoms with van der Waals surface area (Å²) in [6.07, 6.45) is 3.30. The van der Waals surface area contributed by atoms with Gasteiger partial charge < -0.3 is 15.2 Å². The van der Waals surface area contributed by atoms with Crippen molar-refractivity contribution in [2.45, 2.75) is 30.8 Å². The molecule has 0 amide bonds. The highest BCUT2D eigenvalue weighted by molar-refractivity contribution is 5.76. The predicted molar refractivity (Wildman–Crippen MR) is 73.3 cm³/mol. The molecule has 4 heteroatoms. The second kappa shape index (κ2) is 6.17. The van der Waals surface area contributed by atoms with Crippen molar-refractivity contribution in [3.8, 4) is 0 Å². The summed E-state index contributed by atoms with van der Waals surface area (Å²) in [5.41, 5.74) is 0.766. The van der Waals surface area contributed by atoms with Gasteiger partial charge in [-0.1, -0.05) is 30.3 Å². The van der Waals surface area contributed by atoms with Crippen molar-refractivity contribution in [3.05, 3.63) is 35.9 Å². The van der Waals surface area contributed by atoms with Gasteiger partial charge in [-0.2, -0.15) is 0 Å². The third-order valence-corrected chi connectivity index (χ3v) is 3.99. The van der Waals surface area contributed by atoms with Gasteiger partial charge in [0.25, 0.3) is 0 Å². The highest BCUT2D eigenvalue weighted by Crippen LogP contribution is 2.34. The molecule has 1 aliphatic carbocycles. The van der Waals surface area contributed by atoms with Gasteiger partial charge in [0.1, 0.15) is 0 Å². The standard InChI is InChI=1S/C15H21NO3/c1-19-15(8-5-9-15)11-16-10-13(14(17)18)12-6-3-2-4-7-12/h2-4,6-7,13,16H,5,8-11H2,1H3,(H,17,18). The van der Waals surface area contributed by atoms with E-state index in [1.54, 1.807) is 7.11 Å². The van der Waals surface area contributed by atoms with Crippen molar-refractivity contribution in [2.75, 3.05) is 20.2 Å². The first kappa shape index (κ1) is 14.0. The molecule has 1 aromatic rings. The summed E-state index contributed by atoms with van der Waals surface area (Å²) in [4.78, 5) is 11.3. The molecule has 0 radical (unpaired) electrons. The third kappa shape index (κ3) is 3.33. The first-order valence-electron chi connectivity index (χ1n) is 6.70. The summed E-state index contributed by atoms with van der Waals surface area (Å²) in [7, 11) is 1.73. The van der Waals surface area contributed by atoms with Gasteiger partial charge in [0.15, 0.2) is 0 Å². The Bertz CT molecular complexity index is 409. The van der Waals surface area contributed by atoms with Crippen LogP contribution < -0.4 is 5.32 Å². The van der Waals surface area contributed by atoms with Crippen molar-refractivity contribution >= 4 is 5.97 Å². The van der Waals surface area contributed by atoms with Crippen LogP contribution in [0.15, 0.2) is 30.3 Å². The van der Waals surface area contributed by atoms with Gasteiger partial charge in [0.05, 0.1) is 11.5 Å². The van der Waals surface area contributed by atoms with Crippen LogP contribution in [0.4, 0.5) is 0 Å². The summed E-state index contributed by atoms with van der Waals surface area (Å²) in [5.74, 6) is -1.30. The Balaban J connectivity index is 1.90. The topological polar surface area (TPSA) is 58.6 Å². The number of aliphatic carboxylic acids is 1. The summed E-state index contributed by atoms with van der Waals surface area (Å²) in [6.45, 7) is 1.16. The lowest BCUT2D eigenvalue weighted by atomic mass is 9.80. The van der Waals surface area contributed by atoms with Gasteiger partial charge in [0, 0.05) is 20.2 Å². The fourth-order valence-electron chi connectivity index (χ4n) is 2.50. The first-order valence-corrected chi connectivity index (χ1v) is 6.70. The molecular formula is C15H21NO3. The van der Waals surface area contributed by atoms with E-state index in [-0.39, 0.29) is 5.60 Å². The summed E-state index contributed by atoms with van der Waals surface area (Å²) in [5, 5.41) is 12.6. The highest BCUT2D eigenvalue weighted by Gasteiger charge is 2.36. The fraction of sp³-hybridized carbons (Fsp3) is 0.533. The molecule has 2 N–H and O–H groups in total. The van der Waals surface area contributed by atoms with Gasteiger partial charge in [0.2, 0.25) is 0 Å². The maximum absolute atomic E-state index is 11.3. The first-order chi connectivity index (χ1) is 9.17. The van der Waals surface area contributed by atoms with E-state index in [0.717, 1.165) is 24.9 Å². The molecule has 19 heavy (non-hydrogen) atoms. The van der Waals surface area contributed by atoms with Gasteiger partial charge in [-0.15, -0.1) is 0 Å². The zero-order valence-electron chi connectivity index (χ0n) is 11.3. The van der Waals surface area contributed by atoms with Crippen LogP contribution in [0, 0.1) is 0 Å². The molecule has 2 rings (SSSR count). The molecule has 1 aromatic carbocycles. The second-order valence-electron chi connectivity index (χ2n) is 5.17. The summed E-state index contributed by atoms with van der Waals surface area (Å²) < 4.78 is 5.51. The van der Waals surface area contributed by atoms with Crippen molar-refractivity contribution < 1.29 is 14.6 Å². The van der Waals surface area contributed by atoms with Crippen LogP contribution in [0.1, 0.15) is 30.7 Å². The monoisotopic (exact) mass is 263 g/mol. The Morgan fingerprint density at radius 2 is 2.11 bits per heavy atom. The molecule has 1 atom stereocenters. The van der Waals surface area contributed by atoms with E-state index in [4.69, 9.17) is 4.74 Å². The molecule has 0 bridgehead atoms. The zero-order valence-corrected chi connectivity index (χ0v) is 11.3. The molecule has 104 valence electrons. The lowest BCUT2D eigenvalue weighted by Gasteiger charge is -2.40. The van der Waals surface area contributed by atoms with Gasteiger partial charge >= 0.3 is 5.97 Å². The maximum Gasteiger partial charge on any atom is 0.312 e. The zero-order chi connectivity index (χ0) is 13.7. The normalized spacial score (nSPS) is 18.6. The van der Waals surface area contributed by atoms with Gasteiger partial charge in [-0.25, -0.2) is 0 Å². The molecule has 1 fully saturated rings. The Kier molecular flexibility index (Phi) is 4.56. The van der Waals surface area contributed by atoms with Crippen LogP contribution in [0.25, 0.3) is 0 Å². The van der Waals surface area contributed by atoms with Gasteiger partial charge in [-0.05, 0) is 24.8 Å². The van der Waals surface area contributed by atoms with E-state index in [1.807, 2.05) is 30.3 Å². The molecule has 0 aromatic heterocycles. The molecule has 0 spiro atoms. The molecule has 0 aliphatic heterocycles. The number of rotatable bonds is 7. The Labute approximate surface area is 113 Å². The second-order valence-corrected chi connectivity index (χ2v) is 5.17. The Morgan fingerprint density at radius 1 is 1.42 bits per heavy atom. The molecule has 1 unspecified atom stereocenters. The van der Waals surface area contributed by atoms with Crippen molar-refractivity contribution in [1.29, 1.82) is 0 Å². The van der Waals surface area contributed by atoms with E-state index in [2.05, 4.69) is 5.32 Å². The number of methoxy groups -OCH3 is 1. The van der Waals surface area contributed by atoms with Crippen LogP contribution in [0.3, 0.4) is 0 Å². The fourth-order valence-corrected chi connectivity index (χ4v) is 2.50. The van der Waals surface area contributed by atoms with E-state index in [1.165, 1.54) is 6.42 Å². The minimum Gasteiger partial charge on any atom is -0.481 e. The van der Waals surface area contributed by atoms with Crippen LogP contribution >= 0.6 is 0 Å². The minimum absolute atomic E-state index is 0.0697. The quantitative estimate of drug-likeness (QED) is 0.790. The van der Waals surface area contributed by atoms with Crippen LogP contribution in [0.2, 0.25) is 0 Å². The SMILES string of the molecule is COC1(CNCC(C(=O)O)c2ccccc2)CCC1. The van der Waals surface area contributed by atoms with E-state index >= 15 is 0 Å². The maximum atomic E-state index is 11.3. The number of carboxylic acids is 1. The number of nitrogens with one attached hydrogen (secondary N) is 1. The summed E-state index contributed by atoms with van der Waals surface area (Å²) >= 11 is 0. The highest BCUT2D eigenvalue weighted by atomic mass is 16.5. The number of carbonyl (C=O) groups is 1. The smallest absolute Gasteiger partial charge is 0.312 e. The van der Waals surface area contributed by atoms with Crippen molar-refractivity contribution in [1.82, 2.24) is 5.32 Å². The summed E-state index contributed by atoms with van der Waals surface area (Å²) in [6, 6.07) is 9.34. The van der Waals surface area contributed by atoms with Crippen LogP contribution in [-0.2, 0) is 9.53 Å². The number of benzene rings is 1. The van der Waals surface area contributed by atoms with E-state index < -0.39 is 11.9 Å². The van der Waals surface area contributed by atoms with Crippen LogP contribution in [0.5, 0.6) is 0 Å². The lowest BCUT2D eigenvalue weighted by molar-refractivity contribution is -0.138. The average Bonchev–Trinajstić information content (AvgIpc) is 2.38. The molecular weight excluding hydrogens is 242 g/mol. The Morgan fingerprint density at radius 3 is 2.58 bits per heavy atom. The molecule has 4 nitrogen and oxygen atoms in total. The lowest BCUT2D eigenvalue weighted by Crippen LogP contribution is -2.48. The molecule has 1 aliphatic rings. The predicted octanol–water partition coefficient (Wildman–Crippen LogP) is 2.01. The molecule has 0 heterocycles. The average molecular weight is 263 g/mol. The van der Waals surface area contributed by atoms with E-state index in [0.29, 0.717) is 6.54 Å². The Hall–Kier alpha value is -1.39. The largest absolute Gasteiger partial charge is 0.481 e. The van der Waals surface area contributed by atoms with Crippen molar-refractivity contribution in [3.63, 3.8) is 0 Å². The number of hydrogen-bond donors (Lipinski definition) is 2. The number of carboxylic acid groups (broad SMARTS) is 1. The number of hydrogen-bond acceptors (Lipinski definition) is 3. The molecule has 0 saturated heterocycles. The molecule has 1 saturated carbocycles. The van der Waals surface area contributed by atoms with Crippen molar-refractivity contribution in [2.24, 2.45) is 0 Å². The number of ether oxygens (including phenoxy) is 1. The van der Waals surface area contributed by atoms with E-state index in [9.17, 15) is 9.90 Å². The minimum atomic E-state index is -0.793. The third-order valence-electron chi connectivity index (χ3n) is 3.99.